The van der Waals surface area contributed by atoms with Crippen LogP contribution in [0.5, 0.6) is 0 Å². The number of ether oxygens (including phenoxy) is 3. The zero-order valence-corrected chi connectivity index (χ0v) is 33.0. The maximum Gasteiger partial charge on any atom is 0.306 e. The third-order valence-electron chi connectivity index (χ3n) is 9.61. The molecule has 0 aliphatic rings. The molecule has 0 spiro atoms. The molecule has 0 saturated heterocycles. The Balaban J connectivity index is 4.14. The zero-order valence-electron chi connectivity index (χ0n) is 33.0. The van der Waals surface area contributed by atoms with Gasteiger partial charge in [0.15, 0.2) is 6.10 Å². The van der Waals surface area contributed by atoms with E-state index >= 15 is 0 Å². The summed E-state index contributed by atoms with van der Waals surface area (Å²) in [5.74, 6) is -0.870. The first-order valence-electron chi connectivity index (χ1n) is 21.5. The highest BCUT2D eigenvalue weighted by Crippen LogP contribution is 2.15. The largest absolute Gasteiger partial charge is 0.462 e. The van der Waals surface area contributed by atoms with Gasteiger partial charge in [-0.15, -0.1) is 0 Å². The number of esters is 3. The highest BCUT2D eigenvalue weighted by molar-refractivity contribution is 5.71. The second-order valence-corrected chi connectivity index (χ2v) is 14.6. The average molecular weight is 695 g/mol. The van der Waals surface area contributed by atoms with Crippen molar-refractivity contribution in [3.05, 3.63) is 0 Å². The molecule has 1 unspecified atom stereocenters. The van der Waals surface area contributed by atoms with Crippen molar-refractivity contribution < 1.29 is 28.6 Å². The van der Waals surface area contributed by atoms with Crippen molar-refractivity contribution in [1.82, 2.24) is 0 Å². The molecule has 0 aromatic carbocycles. The fourth-order valence-corrected chi connectivity index (χ4v) is 6.32. The Morgan fingerprint density at radius 2 is 0.551 bits per heavy atom. The molecule has 0 radical (unpaired) electrons. The van der Waals surface area contributed by atoms with E-state index in [1.165, 1.54) is 141 Å². The highest BCUT2D eigenvalue weighted by Gasteiger charge is 2.19. The van der Waals surface area contributed by atoms with Crippen molar-refractivity contribution in [1.29, 1.82) is 0 Å². The molecule has 1 atom stereocenters. The van der Waals surface area contributed by atoms with E-state index in [1.54, 1.807) is 0 Å². The van der Waals surface area contributed by atoms with Crippen LogP contribution in [0.25, 0.3) is 0 Å². The maximum absolute atomic E-state index is 12.5. The van der Waals surface area contributed by atoms with Gasteiger partial charge in [-0.1, -0.05) is 201 Å². The summed E-state index contributed by atoms with van der Waals surface area (Å²) in [6.07, 6.45) is 38.3. The van der Waals surface area contributed by atoms with Gasteiger partial charge >= 0.3 is 17.9 Å². The van der Waals surface area contributed by atoms with Crippen molar-refractivity contribution in [3.63, 3.8) is 0 Å². The minimum absolute atomic E-state index is 0.0642. The Bertz CT molecular complexity index is 723. The topological polar surface area (TPSA) is 78.9 Å². The predicted octanol–water partition coefficient (Wildman–Crippen LogP) is 13.3. The maximum atomic E-state index is 12.5. The summed E-state index contributed by atoms with van der Waals surface area (Å²) in [5, 5.41) is 0. The van der Waals surface area contributed by atoms with Gasteiger partial charge in [0.1, 0.15) is 13.2 Å². The molecule has 49 heavy (non-hydrogen) atoms. The van der Waals surface area contributed by atoms with Gasteiger partial charge in [0, 0.05) is 19.3 Å². The van der Waals surface area contributed by atoms with E-state index in [0.29, 0.717) is 19.3 Å². The molecule has 0 aromatic heterocycles. The lowest BCUT2D eigenvalue weighted by Gasteiger charge is -2.18. The van der Waals surface area contributed by atoms with E-state index in [-0.39, 0.29) is 31.1 Å². The van der Waals surface area contributed by atoms with Crippen LogP contribution in [0, 0.1) is 0 Å². The highest BCUT2D eigenvalue weighted by atomic mass is 16.6. The molecule has 290 valence electrons. The van der Waals surface area contributed by atoms with E-state index in [9.17, 15) is 14.4 Å². The molecular formula is C43H82O6. The molecular weight excluding hydrogens is 612 g/mol. The molecule has 0 aliphatic carbocycles. The Kier molecular flexibility index (Phi) is 37.9. The second-order valence-electron chi connectivity index (χ2n) is 14.6. The summed E-state index contributed by atoms with van der Waals surface area (Å²) >= 11 is 0. The number of carbonyl (C=O) groups excluding carboxylic acids is 3. The lowest BCUT2D eigenvalue weighted by atomic mass is 10.0. The van der Waals surface area contributed by atoms with Crippen LogP contribution in [0.3, 0.4) is 0 Å². The molecule has 0 amide bonds. The lowest BCUT2D eigenvalue weighted by molar-refractivity contribution is -0.167. The van der Waals surface area contributed by atoms with Crippen LogP contribution in [-0.4, -0.2) is 37.2 Å². The van der Waals surface area contributed by atoms with Crippen LogP contribution in [0.15, 0.2) is 0 Å². The van der Waals surface area contributed by atoms with Crippen molar-refractivity contribution in [2.24, 2.45) is 0 Å². The third-order valence-corrected chi connectivity index (χ3v) is 9.61. The van der Waals surface area contributed by atoms with Crippen LogP contribution < -0.4 is 0 Å². The molecule has 0 heterocycles. The molecule has 0 aromatic rings. The molecule has 0 saturated carbocycles. The molecule has 0 N–H and O–H groups in total. The van der Waals surface area contributed by atoms with Crippen LogP contribution >= 0.6 is 0 Å². The van der Waals surface area contributed by atoms with Gasteiger partial charge in [-0.3, -0.25) is 14.4 Å². The molecule has 0 aliphatic heterocycles. The first-order valence-corrected chi connectivity index (χ1v) is 21.5. The Morgan fingerprint density at radius 1 is 0.327 bits per heavy atom. The van der Waals surface area contributed by atoms with E-state index in [0.717, 1.165) is 57.8 Å². The smallest absolute Gasteiger partial charge is 0.306 e. The second kappa shape index (κ2) is 39.2. The van der Waals surface area contributed by atoms with Crippen LogP contribution in [0.4, 0.5) is 0 Å². The van der Waals surface area contributed by atoms with Gasteiger partial charge in [-0.05, 0) is 19.3 Å². The average Bonchev–Trinajstić information content (AvgIpc) is 3.10. The Morgan fingerprint density at radius 3 is 0.816 bits per heavy atom. The Hall–Kier alpha value is -1.59. The van der Waals surface area contributed by atoms with Crippen molar-refractivity contribution >= 4 is 17.9 Å². The monoisotopic (exact) mass is 695 g/mol. The summed E-state index contributed by atoms with van der Waals surface area (Å²) in [6, 6.07) is 0. The third kappa shape index (κ3) is 37.5. The fraction of sp³-hybridized carbons (Fsp3) is 0.930. The predicted molar refractivity (Wildman–Crippen MR) is 206 cm³/mol. The van der Waals surface area contributed by atoms with Gasteiger partial charge < -0.3 is 14.2 Å². The lowest BCUT2D eigenvalue weighted by Crippen LogP contribution is -2.30. The molecule has 0 fully saturated rings. The first kappa shape index (κ1) is 47.4. The molecule has 0 rings (SSSR count). The van der Waals surface area contributed by atoms with Gasteiger partial charge in [0.2, 0.25) is 0 Å². The van der Waals surface area contributed by atoms with Crippen molar-refractivity contribution in [2.75, 3.05) is 13.2 Å². The van der Waals surface area contributed by atoms with E-state index in [4.69, 9.17) is 14.2 Å². The summed E-state index contributed by atoms with van der Waals surface area (Å²) < 4.78 is 16.6. The van der Waals surface area contributed by atoms with Crippen LogP contribution in [0.1, 0.15) is 239 Å². The summed E-state index contributed by atoms with van der Waals surface area (Å²) in [5.41, 5.74) is 0. The zero-order chi connectivity index (χ0) is 35.9. The number of hydrogen-bond donors (Lipinski definition) is 0. The quantitative estimate of drug-likeness (QED) is 0.0362. The number of hydrogen-bond acceptors (Lipinski definition) is 6. The van der Waals surface area contributed by atoms with E-state index < -0.39 is 6.10 Å². The van der Waals surface area contributed by atoms with Crippen molar-refractivity contribution in [3.8, 4) is 0 Å². The van der Waals surface area contributed by atoms with Crippen LogP contribution in [0.2, 0.25) is 0 Å². The summed E-state index contributed by atoms with van der Waals surface area (Å²) in [6.45, 7) is 6.56. The van der Waals surface area contributed by atoms with Gasteiger partial charge in [-0.2, -0.15) is 0 Å². The summed E-state index contributed by atoms with van der Waals surface area (Å²) in [7, 11) is 0. The number of carbonyl (C=O) groups is 3. The number of unbranched alkanes of at least 4 members (excludes halogenated alkanes) is 28. The van der Waals surface area contributed by atoms with E-state index in [1.807, 2.05) is 0 Å². The molecule has 6 heteroatoms. The molecule has 0 bridgehead atoms. The minimum atomic E-state index is -0.755. The normalized spacial score (nSPS) is 11.8. The van der Waals surface area contributed by atoms with Gasteiger partial charge in [0.05, 0.1) is 0 Å². The number of rotatable bonds is 39. The van der Waals surface area contributed by atoms with Crippen molar-refractivity contribution in [2.45, 2.75) is 245 Å². The van der Waals surface area contributed by atoms with E-state index in [2.05, 4.69) is 20.8 Å². The minimum Gasteiger partial charge on any atom is -0.462 e. The standard InChI is InChI=1S/C43H82O6/c1-4-7-10-13-16-17-18-19-20-21-22-23-24-25-28-30-33-36-42(45)48-39-40(49-43(46)37-34-31-27-15-12-9-6-3)38-47-41(44)35-32-29-26-14-11-8-5-2/h40H,4-39H2,1-3H3. The SMILES string of the molecule is CCCCCCCCCCCCCCCCCCCC(=O)OCC(COC(=O)CCCCCCCCC)OC(=O)CCCCCCCCC. The molecule has 6 nitrogen and oxygen atoms in total. The summed E-state index contributed by atoms with van der Waals surface area (Å²) in [4.78, 5) is 37.3. The first-order chi connectivity index (χ1) is 24.0. The van der Waals surface area contributed by atoms with Crippen LogP contribution in [-0.2, 0) is 28.6 Å². The fourth-order valence-electron chi connectivity index (χ4n) is 6.32. The van der Waals surface area contributed by atoms with Gasteiger partial charge in [-0.25, -0.2) is 0 Å². The Labute approximate surface area is 304 Å². The van der Waals surface area contributed by atoms with Gasteiger partial charge in [0.25, 0.3) is 0 Å².